The Morgan fingerprint density at radius 3 is 2.10 bits per heavy atom. The van der Waals surface area contributed by atoms with Crippen LogP contribution in [-0.4, -0.2) is 54.7 Å². The zero-order valence-corrected chi connectivity index (χ0v) is 23.0. The van der Waals surface area contributed by atoms with Gasteiger partial charge in [0.25, 0.3) is 11.8 Å². The van der Waals surface area contributed by atoms with Crippen molar-refractivity contribution in [1.82, 2.24) is 9.80 Å². The van der Waals surface area contributed by atoms with Gasteiger partial charge in [0, 0.05) is 44.0 Å². The van der Waals surface area contributed by atoms with Gasteiger partial charge in [-0.3, -0.25) is 14.4 Å². The van der Waals surface area contributed by atoms with Crippen LogP contribution in [0.25, 0.3) is 0 Å². The molecule has 0 spiro atoms. The molecule has 1 N–H and O–H groups in total. The van der Waals surface area contributed by atoms with E-state index in [-0.39, 0.29) is 35.4 Å². The first-order valence-corrected chi connectivity index (χ1v) is 13.4. The average Bonchev–Trinajstić information content (AvgIpc) is 2.94. The highest BCUT2D eigenvalue weighted by Crippen LogP contribution is 2.31. The number of piperidine rings is 1. The first-order valence-electron chi connectivity index (χ1n) is 13.4. The third kappa shape index (κ3) is 6.72. The molecule has 0 bridgehead atoms. The highest BCUT2D eigenvalue weighted by molar-refractivity contribution is 5.99. The summed E-state index contributed by atoms with van der Waals surface area (Å²) in [6.07, 6.45) is 1.68. The summed E-state index contributed by atoms with van der Waals surface area (Å²) in [6.45, 7) is 5.24. The Hall–Kier alpha value is -4.00. The van der Waals surface area contributed by atoms with Gasteiger partial charge >= 0.3 is 0 Å². The van der Waals surface area contributed by atoms with Crippen LogP contribution in [0.4, 0.5) is 10.1 Å². The smallest absolute Gasteiger partial charge is 0.253 e. The Labute approximate surface area is 229 Å². The Morgan fingerprint density at radius 1 is 0.897 bits per heavy atom. The summed E-state index contributed by atoms with van der Waals surface area (Å²) in [5.74, 6) is -0.625. The van der Waals surface area contributed by atoms with Crippen LogP contribution in [0.5, 0.6) is 0 Å². The quantitative estimate of drug-likeness (QED) is 0.413. The number of hydrogen-bond donors (Lipinski definition) is 1. The number of halogens is 1. The van der Waals surface area contributed by atoms with Gasteiger partial charge in [-0.2, -0.15) is 0 Å². The minimum absolute atomic E-state index is 0.0542. The number of likely N-dealkylation sites (tertiary alicyclic amines) is 1. The number of nitrogens with zero attached hydrogens (tertiary/aromatic N) is 2. The fraction of sp³-hybridized carbons (Fsp3) is 0.344. The molecule has 3 amide bonds. The molecule has 1 aliphatic heterocycles. The number of anilines is 1. The molecule has 6 nitrogen and oxygen atoms in total. The van der Waals surface area contributed by atoms with Gasteiger partial charge in [-0.15, -0.1) is 0 Å². The zero-order valence-electron chi connectivity index (χ0n) is 23.0. The Morgan fingerprint density at radius 2 is 1.51 bits per heavy atom. The second kappa shape index (κ2) is 12.2. The average molecular weight is 530 g/mol. The molecule has 1 aliphatic rings. The summed E-state index contributed by atoms with van der Waals surface area (Å²) in [5, 5.41) is 3.01. The van der Waals surface area contributed by atoms with Crippen molar-refractivity contribution in [3.8, 4) is 0 Å². The molecule has 0 radical (unpaired) electrons. The lowest BCUT2D eigenvalue weighted by Gasteiger charge is -2.32. The summed E-state index contributed by atoms with van der Waals surface area (Å²) < 4.78 is 13.4. The number of carbonyl (C=O) groups is 3. The molecule has 4 rings (SSSR count). The van der Waals surface area contributed by atoms with E-state index in [2.05, 4.69) is 5.32 Å². The van der Waals surface area contributed by atoms with Crippen LogP contribution in [-0.2, 0) is 4.79 Å². The van der Waals surface area contributed by atoms with Gasteiger partial charge in [0.2, 0.25) is 5.91 Å². The molecule has 3 aromatic carbocycles. The van der Waals surface area contributed by atoms with Crippen molar-refractivity contribution in [3.05, 3.63) is 101 Å². The van der Waals surface area contributed by atoms with Crippen LogP contribution in [0.15, 0.2) is 72.8 Å². The fourth-order valence-electron chi connectivity index (χ4n) is 5.21. The van der Waals surface area contributed by atoms with Crippen LogP contribution in [0, 0.1) is 11.7 Å². The molecule has 0 saturated carbocycles. The van der Waals surface area contributed by atoms with Crippen LogP contribution in [0.1, 0.15) is 70.4 Å². The summed E-state index contributed by atoms with van der Waals surface area (Å²) in [7, 11) is 3.39. The predicted molar refractivity (Wildman–Crippen MR) is 151 cm³/mol. The summed E-state index contributed by atoms with van der Waals surface area (Å²) in [5.41, 5.74) is 3.72. The predicted octanol–water partition coefficient (Wildman–Crippen LogP) is 5.93. The summed E-state index contributed by atoms with van der Waals surface area (Å²) >= 11 is 0. The minimum Gasteiger partial charge on any atom is -0.345 e. The summed E-state index contributed by atoms with van der Waals surface area (Å²) in [4.78, 5) is 41.8. The van der Waals surface area contributed by atoms with Crippen LogP contribution in [0.2, 0.25) is 0 Å². The molecule has 1 heterocycles. The van der Waals surface area contributed by atoms with Gasteiger partial charge in [-0.05, 0) is 78.3 Å². The maximum Gasteiger partial charge on any atom is 0.253 e. The van der Waals surface area contributed by atoms with Crippen molar-refractivity contribution in [1.29, 1.82) is 0 Å². The number of carbonyl (C=O) groups excluding carboxylic acids is 3. The molecule has 1 atom stereocenters. The molecule has 0 aliphatic carbocycles. The van der Waals surface area contributed by atoms with E-state index >= 15 is 0 Å². The number of nitrogens with one attached hydrogen (secondary N) is 1. The van der Waals surface area contributed by atoms with Crippen molar-refractivity contribution in [2.45, 2.75) is 38.5 Å². The fourth-order valence-corrected chi connectivity index (χ4v) is 5.21. The molecular formula is C32H36FN3O3. The zero-order chi connectivity index (χ0) is 28.1. The molecule has 7 heteroatoms. The van der Waals surface area contributed by atoms with Crippen LogP contribution in [0.3, 0.4) is 0 Å². The molecular weight excluding hydrogens is 493 g/mol. The molecule has 204 valence electrons. The van der Waals surface area contributed by atoms with E-state index in [0.29, 0.717) is 30.1 Å². The number of amides is 3. The third-order valence-electron chi connectivity index (χ3n) is 7.37. The first kappa shape index (κ1) is 28.0. The van der Waals surface area contributed by atoms with Crippen molar-refractivity contribution >= 4 is 23.4 Å². The Kier molecular flexibility index (Phi) is 8.79. The maximum absolute atomic E-state index is 13.4. The highest BCUT2D eigenvalue weighted by Gasteiger charge is 2.26. The van der Waals surface area contributed by atoms with Gasteiger partial charge in [0.15, 0.2) is 0 Å². The van der Waals surface area contributed by atoms with Gasteiger partial charge < -0.3 is 15.1 Å². The second-order valence-corrected chi connectivity index (χ2v) is 10.7. The van der Waals surface area contributed by atoms with E-state index in [0.717, 1.165) is 24.1 Å². The first-order chi connectivity index (χ1) is 18.6. The molecule has 3 aromatic rings. The van der Waals surface area contributed by atoms with Crippen LogP contribution >= 0.6 is 0 Å². The highest BCUT2D eigenvalue weighted by atomic mass is 19.1. The van der Waals surface area contributed by atoms with Gasteiger partial charge in [-0.25, -0.2) is 4.39 Å². The van der Waals surface area contributed by atoms with E-state index in [1.54, 1.807) is 50.5 Å². The maximum atomic E-state index is 13.4. The van der Waals surface area contributed by atoms with E-state index in [9.17, 15) is 18.8 Å². The third-order valence-corrected chi connectivity index (χ3v) is 7.37. The van der Waals surface area contributed by atoms with E-state index in [1.807, 2.05) is 43.0 Å². The minimum atomic E-state index is -0.381. The van der Waals surface area contributed by atoms with E-state index < -0.39 is 0 Å². The summed E-state index contributed by atoms with van der Waals surface area (Å²) in [6, 6.07) is 20.9. The lowest BCUT2D eigenvalue weighted by molar-refractivity contribution is -0.118. The SMILES string of the molecule is CC(C)[C@H](C(=O)Nc1ccc(C2CCN(C(=O)c3cccc(C(=O)N(C)C)c3)CC2)cc1)c1ccc(F)cc1. The molecule has 1 saturated heterocycles. The largest absolute Gasteiger partial charge is 0.345 e. The lowest BCUT2D eigenvalue weighted by atomic mass is 9.87. The topological polar surface area (TPSA) is 69.7 Å². The van der Waals surface area contributed by atoms with Gasteiger partial charge in [0.05, 0.1) is 5.92 Å². The van der Waals surface area contributed by atoms with Crippen molar-refractivity contribution in [3.63, 3.8) is 0 Å². The van der Waals surface area contributed by atoms with Crippen molar-refractivity contribution in [2.24, 2.45) is 5.92 Å². The monoisotopic (exact) mass is 529 g/mol. The van der Waals surface area contributed by atoms with Crippen molar-refractivity contribution in [2.75, 3.05) is 32.5 Å². The van der Waals surface area contributed by atoms with Crippen LogP contribution < -0.4 is 5.32 Å². The number of hydrogen-bond acceptors (Lipinski definition) is 3. The van der Waals surface area contributed by atoms with Gasteiger partial charge in [0.1, 0.15) is 5.82 Å². The van der Waals surface area contributed by atoms with Gasteiger partial charge in [-0.1, -0.05) is 44.2 Å². The van der Waals surface area contributed by atoms with E-state index in [4.69, 9.17) is 0 Å². The normalized spacial score (nSPS) is 14.7. The Balaban J connectivity index is 1.35. The Bertz CT molecular complexity index is 1310. The second-order valence-electron chi connectivity index (χ2n) is 10.7. The lowest BCUT2D eigenvalue weighted by Crippen LogP contribution is -2.38. The molecule has 0 unspecified atom stereocenters. The van der Waals surface area contributed by atoms with E-state index in [1.165, 1.54) is 22.6 Å². The molecule has 1 fully saturated rings. The number of rotatable bonds is 7. The number of benzene rings is 3. The molecule has 0 aromatic heterocycles. The molecule has 39 heavy (non-hydrogen) atoms. The van der Waals surface area contributed by atoms with Crippen molar-refractivity contribution < 1.29 is 18.8 Å². The standard InChI is InChI=1S/C32H36FN3O3/c1-21(2)29(24-8-12-27(33)13-9-24)30(37)34-28-14-10-22(11-15-28)23-16-18-36(19-17-23)32(39)26-7-5-6-25(20-26)31(38)35(3)4/h5-15,20-21,23,29H,16-19H2,1-4H3,(H,34,37)/t29-/m0/s1.